The Kier molecular flexibility index (Phi) is 5.79. The summed E-state index contributed by atoms with van der Waals surface area (Å²) in [5.41, 5.74) is 0.814. The van der Waals surface area contributed by atoms with Crippen molar-refractivity contribution >= 4 is 16.5 Å². The normalized spacial score (nSPS) is 12.3. The summed E-state index contributed by atoms with van der Waals surface area (Å²) in [7, 11) is -0.773. The summed E-state index contributed by atoms with van der Waals surface area (Å²) in [5.74, 6) is 0.657. The number of benzene rings is 1. The van der Waals surface area contributed by atoms with Gasteiger partial charge in [0, 0.05) is 41.0 Å². The molecule has 0 aliphatic heterocycles. The van der Waals surface area contributed by atoms with Crippen LogP contribution in [0.25, 0.3) is 0 Å². The first-order valence-electron chi connectivity index (χ1n) is 5.34. The quantitative estimate of drug-likeness (QED) is 0.455. The van der Waals surface area contributed by atoms with Crippen molar-refractivity contribution in [1.29, 1.82) is 0 Å². The molecule has 0 saturated heterocycles. The Bertz CT molecular complexity index is 409. The van der Waals surface area contributed by atoms with Gasteiger partial charge in [-0.2, -0.15) is 0 Å². The fourth-order valence-corrected chi connectivity index (χ4v) is 2.01. The molecule has 0 heterocycles. The molecule has 1 atom stereocenters. The molecule has 0 radical (unpaired) electrons. The zero-order chi connectivity index (χ0) is 12.7. The van der Waals surface area contributed by atoms with E-state index in [0.29, 0.717) is 24.4 Å². The minimum atomic E-state index is -0.773. The molecule has 94 valence electrons. The lowest BCUT2D eigenvalue weighted by Crippen LogP contribution is -2.17. The van der Waals surface area contributed by atoms with Crippen LogP contribution < -0.4 is 5.32 Å². The van der Waals surface area contributed by atoms with Gasteiger partial charge < -0.3 is 5.32 Å². The van der Waals surface area contributed by atoms with E-state index in [1.54, 1.807) is 24.5 Å². The van der Waals surface area contributed by atoms with E-state index in [4.69, 9.17) is 0 Å². The first-order valence-corrected chi connectivity index (χ1v) is 7.07. The van der Waals surface area contributed by atoms with Crippen LogP contribution in [0.2, 0.25) is 0 Å². The molecule has 1 N–H and O–H groups in total. The first-order chi connectivity index (χ1) is 8.11. The molecule has 0 aliphatic carbocycles. The van der Waals surface area contributed by atoms with E-state index >= 15 is 0 Å². The third-order valence-electron chi connectivity index (χ3n) is 2.29. The fraction of sp³-hybridized carbons (Fsp3) is 0.455. The maximum absolute atomic E-state index is 10.8. The molecule has 0 amide bonds. The summed E-state index contributed by atoms with van der Waals surface area (Å²) in [6.45, 7) is 1.18. The minimum absolute atomic E-state index is 0.138. The van der Waals surface area contributed by atoms with Gasteiger partial charge in [0.15, 0.2) is 0 Å². The van der Waals surface area contributed by atoms with Gasteiger partial charge in [-0.25, -0.2) is 0 Å². The summed E-state index contributed by atoms with van der Waals surface area (Å²) in [6.07, 6.45) is 2.48. The van der Waals surface area contributed by atoms with Crippen molar-refractivity contribution in [3.8, 4) is 0 Å². The van der Waals surface area contributed by atoms with E-state index in [1.807, 2.05) is 0 Å². The molecule has 5 nitrogen and oxygen atoms in total. The Morgan fingerprint density at radius 3 is 2.76 bits per heavy atom. The molecule has 0 bridgehead atoms. The van der Waals surface area contributed by atoms with Crippen LogP contribution in [0.15, 0.2) is 24.3 Å². The Labute approximate surface area is 103 Å². The van der Waals surface area contributed by atoms with Crippen LogP contribution in [0.3, 0.4) is 0 Å². The number of hydrogen-bond acceptors (Lipinski definition) is 4. The second-order valence-electron chi connectivity index (χ2n) is 3.69. The summed E-state index contributed by atoms with van der Waals surface area (Å²) in [6, 6.07) is 6.67. The molecule has 0 spiro atoms. The fourth-order valence-electron chi connectivity index (χ4n) is 1.46. The van der Waals surface area contributed by atoms with Crippen LogP contribution in [0, 0.1) is 10.1 Å². The zero-order valence-corrected chi connectivity index (χ0v) is 10.5. The van der Waals surface area contributed by atoms with Crippen LogP contribution >= 0.6 is 0 Å². The van der Waals surface area contributed by atoms with E-state index in [1.165, 1.54) is 6.07 Å². The van der Waals surface area contributed by atoms with E-state index in [9.17, 15) is 14.3 Å². The number of nitro groups is 1. The van der Waals surface area contributed by atoms with E-state index < -0.39 is 10.8 Å². The Hall–Kier alpha value is -1.27. The second kappa shape index (κ2) is 7.13. The van der Waals surface area contributed by atoms with Crippen molar-refractivity contribution in [2.75, 3.05) is 18.6 Å². The third kappa shape index (κ3) is 5.06. The van der Waals surface area contributed by atoms with E-state index in [0.717, 1.165) is 6.42 Å². The summed E-state index contributed by atoms with van der Waals surface area (Å²) in [5, 5.41) is 13.9. The highest BCUT2D eigenvalue weighted by Crippen LogP contribution is 2.16. The van der Waals surface area contributed by atoms with Gasteiger partial charge in [-0.05, 0) is 13.0 Å². The molecule has 1 aromatic rings. The van der Waals surface area contributed by atoms with E-state index in [2.05, 4.69) is 5.32 Å². The second-order valence-corrected chi connectivity index (χ2v) is 5.25. The van der Waals surface area contributed by atoms with Gasteiger partial charge in [0.1, 0.15) is 0 Å². The molecule has 1 aromatic carbocycles. The summed E-state index contributed by atoms with van der Waals surface area (Å²) in [4.78, 5) is 10.4. The first kappa shape index (κ1) is 13.8. The average Bonchev–Trinajstić information content (AvgIpc) is 2.28. The molecule has 17 heavy (non-hydrogen) atoms. The molecule has 1 unspecified atom stereocenters. The molecular formula is C11H16N2O3S. The van der Waals surface area contributed by atoms with Crippen LogP contribution in [0.1, 0.15) is 12.0 Å². The molecule has 0 fully saturated rings. The van der Waals surface area contributed by atoms with Gasteiger partial charge in [0.25, 0.3) is 5.69 Å². The van der Waals surface area contributed by atoms with Crippen LogP contribution in [-0.2, 0) is 17.3 Å². The lowest BCUT2D eigenvalue weighted by Gasteiger charge is -2.04. The number of nitrogens with zero attached hydrogens (tertiary/aromatic N) is 1. The summed E-state index contributed by atoms with van der Waals surface area (Å²) >= 11 is 0. The molecular weight excluding hydrogens is 240 g/mol. The predicted octanol–water partition coefficient (Wildman–Crippen LogP) is 1.45. The van der Waals surface area contributed by atoms with Gasteiger partial charge in [-0.1, -0.05) is 18.2 Å². The number of rotatable bonds is 7. The van der Waals surface area contributed by atoms with Crippen molar-refractivity contribution in [3.05, 3.63) is 39.9 Å². The van der Waals surface area contributed by atoms with Gasteiger partial charge in [-0.3, -0.25) is 14.3 Å². The van der Waals surface area contributed by atoms with Crippen LogP contribution in [-0.4, -0.2) is 27.7 Å². The highest BCUT2D eigenvalue weighted by atomic mass is 32.2. The summed E-state index contributed by atoms with van der Waals surface area (Å²) < 4.78 is 10.8. The highest BCUT2D eigenvalue weighted by molar-refractivity contribution is 7.84. The Morgan fingerprint density at radius 2 is 2.12 bits per heavy atom. The average molecular weight is 256 g/mol. The zero-order valence-electron chi connectivity index (χ0n) is 9.72. The standard InChI is InChI=1S/C11H16N2O3S/c1-17(16)8-4-7-12-9-10-5-2-3-6-11(10)13(14)15/h2-3,5-6,12H,4,7-9H2,1H3. The molecule has 6 heteroatoms. The number of nitrogens with one attached hydrogen (secondary N) is 1. The number of hydrogen-bond donors (Lipinski definition) is 1. The lowest BCUT2D eigenvalue weighted by molar-refractivity contribution is -0.385. The number of nitro benzene ring substituents is 1. The number of para-hydroxylation sites is 1. The molecule has 0 aromatic heterocycles. The van der Waals surface area contributed by atoms with Gasteiger partial charge in [-0.15, -0.1) is 0 Å². The monoisotopic (exact) mass is 256 g/mol. The maximum Gasteiger partial charge on any atom is 0.273 e. The van der Waals surface area contributed by atoms with Gasteiger partial charge >= 0.3 is 0 Å². The largest absolute Gasteiger partial charge is 0.312 e. The lowest BCUT2D eigenvalue weighted by atomic mass is 10.2. The van der Waals surface area contributed by atoms with Crippen molar-refractivity contribution in [1.82, 2.24) is 5.32 Å². The van der Waals surface area contributed by atoms with Crippen LogP contribution in [0.5, 0.6) is 0 Å². The SMILES string of the molecule is CS(=O)CCCNCc1ccccc1[N+](=O)[O-]. The Balaban J connectivity index is 2.41. The minimum Gasteiger partial charge on any atom is -0.312 e. The van der Waals surface area contributed by atoms with Gasteiger partial charge in [0.2, 0.25) is 0 Å². The molecule has 0 aliphatic rings. The van der Waals surface area contributed by atoms with Crippen LogP contribution in [0.4, 0.5) is 5.69 Å². The maximum atomic E-state index is 10.8. The third-order valence-corrected chi connectivity index (χ3v) is 3.15. The van der Waals surface area contributed by atoms with Crippen molar-refractivity contribution in [3.63, 3.8) is 0 Å². The predicted molar refractivity (Wildman–Crippen MR) is 68.4 cm³/mol. The van der Waals surface area contributed by atoms with Gasteiger partial charge in [0.05, 0.1) is 4.92 Å². The van der Waals surface area contributed by atoms with E-state index in [-0.39, 0.29) is 10.6 Å². The smallest absolute Gasteiger partial charge is 0.273 e. The Morgan fingerprint density at radius 1 is 1.41 bits per heavy atom. The molecule has 1 rings (SSSR count). The highest BCUT2D eigenvalue weighted by Gasteiger charge is 2.10. The topological polar surface area (TPSA) is 72.2 Å². The van der Waals surface area contributed by atoms with Crippen molar-refractivity contribution in [2.24, 2.45) is 0 Å². The van der Waals surface area contributed by atoms with Crippen molar-refractivity contribution in [2.45, 2.75) is 13.0 Å². The van der Waals surface area contributed by atoms with Crippen molar-refractivity contribution < 1.29 is 9.13 Å². The molecule has 0 saturated carbocycles.